The number of primary amides is 1. The van der Waals surface area contributed by atoms with Gasteiger partial charge < -0.3 is 15.8 Å². The summed E-state index contributed by atoms with van der Waals surface area (Å²) in [4.78, 5) is 16.2. The van der Waals surface area contributed by atoms with Crippen molar-refractivity contribution in [2.24, 2.45) is 5.73 Å². The fourth-order valence-corrected chi connectivity index (χ4v) is 1.70. The van der Waals surface area contributed by atoms with E-state index in [9.17, 15) is 0 Å². The summed E-state index contributed by atoms with van der Waals surface area (Å²) in [5.41, 5.74) is 6.30. The van der Waals surface area contributed by atoms with Crippen LogP contribution in [0.5, 0.6) is 0 Å². The largest absolute Gasteiger partial charge is 0.465 e. The number of amides is 1. The number of para-hydroxylation sites is 1. The Labute approximate surface area is 96.9 Å². The molecule has 0 fully saturated rings. The van der Waals surface area contributed by atoms with E-state index in [4.69, 9.17) is 9.90 Å². The Morgan fingerprint density at radius 3 is 2.59 bits per heavy atom. The molecule has 5 nitrogen and oxygen atoms in total. The SMILES string of the molecule is NC(=O)O.c1ccc2c(c1)[nH]c1cnccc12. The topological polar surface area (TPSA) is 92.0 Å². The summed E-state index contributed by atoms with van der Waals surface area (Å²) in [7, 11) is 0. The van der Waals surface area contributed by atoms with Gasteiger partial charge in [-0.25, -0.2) is 4.79 Å². The molecule has 5 heteroatoms. The highest BCUT2D eigenvalue weighted by atomic mass is 16.4. The van der Waals surface area contributed by atoms with Gasteiger partial charge in [0.05, 0.1) is 11.7 Å². The summed E-state index contributed by atoms with van der Waals surface area (Å²) < 4.78 is 0. The van der Waals surface area contributed by atoms with Gasteiger partial charge in [0.25, 0.3) is 0 Å². The first-order chi connectivity index (χ1) is 8.18. The fourth-order valence-electron chi connectivity index (χ4n) is 1.70. The lowest BCUT2D eigenvalue weighted by molar-refractivity contribution is 0.205. The standard InChI is InChI=1S/C11H8N2.CH3NO2/c1-2-4-10-8(3-1)9-5-6-12-7-11(9)13-10;2-1(3)4/h1-7,13H;2H2,(H,3,4). The molecule has 1 aromatic carbocycles. The number of benzene rings is 1. The first-order valence-corrected chi connectivity index (χ1v) is 4.97. The van der Waals surface area contributed by atoms with Gasteiger partial charge in [-0.05, 0) is 12.1 Å². The van der Waals surface area contributed by atoms with E-state index in [0.29, 0.717) is 0 Å². The second-order valence-corrected chi connectivity index (χ2v) is 3.43. The number of rotatable bonds is 0. The zero-order valence-electron chi connectivity index (χ0n) is 8.92. The van der Waals surface area contributed by atoms with Crippen LogP contribution in [0.1, 0.15) is 0 Å². The van der Waals surface area contributed by atoms with Crippen LogP contribution in [0.15, 0.2) is 42.7 Å². The molecule has 86 valence electrons. The lowest BCUT2D eigenvalue weighted by Gasteiger charge is -1.87. The minimum atomic E-state index is -1.33. The van der Waals surface area contributed by atoms with Gasteiger partial charge in [-0.1, -0.05) is 18.2 Å². The highest BCUT2D eigenvalue weighted by molar-refractivity contribution is 6.06. The predicted molar refractivity (Wildman–Crippen MR) is 65.8 cm³/mol. The number of carbonyl (C=O) groups is 1. The summed E-state index contributed by atoms with van der Waals surface area (Å²) in [6.45, 7) is 0. The molecule has 17 heavy (non-hydrogen) atoms. The number of fused-ring (bicyclic) bond motifs is 3. The van der Waals surface area contributed by atoms with Crippen LogP contribution < -0.4 is 5.73 Å². The van der Waals surface area contributed by atoms with E-state index in [1.807, 2.05) is 24.5 Å². The average Bonchev–Trinajstić information content (AvgIpc) is 2.66. The van der Waals surface area contributed by atoms with Crippen LogP contribution in [-0.2, 0) is 0 Å². The van der Waals surface area contributed by atoms with Crippen molar-refractivity contribution in [1.82, 2.24) is 9.97 Å². The molecule has 2 aromatic heterocycles. The number of carboxylic acid groups (broad SMARTS) is 1. The third kappa shape index (κ3) is 2.34. The van der Waals surface area contributed by atoms with Crippen LogP contribution in [0.3, 0.4) is 0 Å². The summed E-state index contributed by atoms with van der Waals surface area (Å²) in [6, 6.07) is 10.3. The van der Waals surface area contributed by atoms with Gasteiger partial charge in [0.15, 0.2) is 0 Å². The van der Waals surface area contributed by atoms with E-state index in [1.54, 1.807) is 0 Å². The molecule has 0 bridgehead atoms. The molecule has 0 saturated carbocycles. The van der Waals surface area contributed by atoms with E-state index >= 15 is 0 Å². The minimum absolute atomic E-state index is 1.10. The van der Waals surface area contributed by atoms with Gasteiger partial charge in [-0.2, -0.15) is 0 Å². The van der Waals surface area contributed by atoms with Gasteiger partial charge in [-0.3, -0.25) is 4.98 Å². The van der Waals surface area contributed by atoms with E-state index in [0.717, 1.165) is 5.52 Å². The third-order valence-electron chi connectivity index (χ3n) is 2.31. The molecule has 0 unspecified atom stereocenters. The Morgan fingerprint density at radius 1 is 1.18 bits per heavy atom. The maximum absolute atomic E-state index is 8.78. The number of nitrogens with two attached hydrogens (primary N) is 1. The summed E-state index contributed by atoms with van der Waals surface area (Å²) >= 11 is 0. The number of nitrogens with zero attached hydrogens (tertiary/aromatic N) is 1. The highest BCUT2D eigenvalue weighted by Gasteiger charge is 2.00. The predicted octanol–water partition coefficient (Wildman–Crippen LogP) is 2.34. The third-order valence-corrected chi connectivity index (χ3v) is 2.31. The molecule has 0 spiro atoms. The Bertz CT molecular complexity index is 606. The number of aromatic amines is 1. The first-order valence-electron chi connectivity index (χ1n) is 4.97. The molecular formula is C12H11N3O2. The van der Waals surface area contributed by atoms with Crippen molar-refractivity contribution in [3.8, 4) is 0 Å². The van der Waals surface area contributed by atoms with Gasteiger partial charge >= 0.3 is 6.09 Å². The number of aromatic nitrogens is 2. The molecule has 3 aromatic rings. The van der Waals surface area contributed by atoms with Gasteiger partial charge in [-0.15, -0.1) is 0 Å². The van der Waals surface area contributed by atoms with Crippen molar-refractivity contribution in [3.05, 3.63) is 42.7 Å². The molecule has 0 aliphatic carbocycles. The first kappa shape index (κ1) is 10.9. The van der Waals surface area contributed by atoms with Crippen molar-refractivity contribution in [2.75, 3.05) is 0 Å². The summed E-state index contributed by atoms with van der Waals surface area (Å²) in [5, 5.41) is 9.70. The minimum Gasteiger partial charge on any atom is -0.465 e. The second kappa shape index (κ2) is 4.52. The number of H-pyrrole nitrogens is 1. The molecule has 2 heterocycles. The quantitative estimate of drug-likeness (QED) is 0.552. The van der Waals surface area contributed by atoms with Crippen molar-refractivity contribution < 1.29 is 9.90 Å². The normalized spacial score (nSPS) is 9.88. The van der Waals surface area contributed by atoms with Crippen LogP contribution in [0.2, 0.25) is 0 Å². The molecular weight excluding hydrogens is 218 g/mol. The van der Waals surface area contributed by atoms with Crippen LogP contribution in [0, 0.1) is 0 Å². The van der Waals surface area contributed by atoms with E-state index in [-0.39, 0.29) is 0 Å². The van der Waals surface area contributed by atoms with Gasteiger partial charge in [0.1, 0.15) is 0 Å². The number of hydrogen-bond acceptors (Lipinski definition) is 2. The van der Waals surface area contributed by atoms with Crippen LogP contribution in [0.4, 0.5) is 4.79 Å². The number of pyridine rings is 1. The zero-order chi connectivity index (χ0) is 12.3. The monoisotopic (exact) mass is 229 g/mol. The highest BCUT2D eigenvalue weighted by Crippen LogP contribution is 2.23. The molecule has 1 amide bonds. The van der Waals surface area contributed by atoms with Gasteiger partial charge in [0.2, 0.25) is 0 Å². The smallest absolute Gasteiger partial charge is 0.402 e. The summed E-state index contributed by atoms with van der Waals surface area (Å²) in [5.74, 6) is 0. The summed E-state index contributed by atoms with van der Waals surface area (Å²) in [6.07, 6.45) is 2.35. The van der Waals surface area contributed by atoms with E-state index in [2.05, 4.69) is 33.9 Å². The maximum atomic E-state index is 8.78. The van der Waals surface area contributed by atoms with Crippen LogP contribution in [0.25, 0.3) is 21.8 Å². The van der Waals surface area contributed by atoms with Crippen LogP contribution >= 0.6 is 0 Å². The Morgan fingerprint density at radius 2 is 1.82 bits per heavy atom. The molecule has 0 atom stereocenters. The lowest BCUT2D eigenvalue weighted by atomic mass is 10.2. The molecule has 0 radical (unpaired) electrons. The second-order valence-electron chi connectivity index (χ2n) is 3.43. The van der Waals surface area contributed by atoms with E-state index < -0.39 is 6.09 Å². The molecule has 3 rings (SSSR count). The molecule has 0 aliphatic heterocycles. The Hall–Kier alpha value is -2.56. The van der Waals surface area contributed by atoms with Crippen molar-refractivity contribution >= 4 is 27.9 Å². The average molecular weight is 229 g/mol. The van der Waals surface area contributed by atoms with Crippen molar-refractivity contribution in [1.29, 1.82) is 0 Å². The number of hydrogen-bond donors (Lipinski definition) is 3. The van der Waals surface area contributed by atoms with Gasteiger partial charge in [0, 0.05) is 22.5 Å². The molecule has 0 saturated heterocycles. The maximum Gasteiger partial charge on any atom is 0.402 e. The zero-order valence-corrected chi connectivity index (χ0v) is 8.92. The fraction of sp³-hybridized carbons (Fsp3) is 0. The lowest BCUT2D eigenvalue weighted by Crippen LogP contribution is -2.03. The van der Waals surface area contributed by atoms with E-state index in [1.165, 1.54) is 16.3 Å². The van der Waals surface area contributed by atoms with Crippen molar-refractivity contribution in [3.63, 3.8) is 0 Å². The van der Waals surface area contributed by atoms with Crippen molar-refractivity contribution in [2.45, 2.75) is 0 Å². The molecule has 0 aliphatic rings. The van der Waals surface area contributed by atoms with Crippen LogP contribution in [-0.4, -0.2) is 21.2 Å². The Balaban J connectivity index is 0.000000239. The number of nitrogens with one attached hydrogen (secondary N) is 1. The Kier molecular flexibility index (Phi) is 2.91. The molecule has 4 N–H and O–H groups in total.